The molecule has 6 nitrogen and oxygen atoms in total. The van der Waals surface area contributed by atoms with Crippen molar-refractivity contribution in [2.75, 3.05) is 31.3 Å². The summed E-state index contributed by atoms with van der Waals surface area (Å²) in [6.07, 6.45) is 1.72. The van der Waals surface area contributed by atoms with Crippen LogP contribution in [0.5, 0.6) is 0 Å². The zero-order chi connectivity index (χ0) is 19.9. The van der Waals surface area contributed by atoms with E-state index >= 15 is 0 Å². The molecule has 1 aliphatic heterocycles. The number of amides is 2. The lowest BCUT2D eigenvalue weighted by molar-refractivity contribution is 0.165. The number of para-hydroxylation sites is 1. The van der Waals surface area contributed by atoms with Gasteiger partial charge in [-0.3, -0.25) is 5.41 Å². The number of hydrogen-bond donors (Lipinski definition) is 1. The molecule has 2 aromatic rings. The molecule has 8 heteroatoms. The molecule has 1 saturated heterocycles. The van der Waals surface area contributed by atoms with Crippen LogP contribution < -0.4 is 5.12 Å². The van der Waals surface area contributed by atoms with Crippen molar-refractivity contribution in [1.82, 2.24) is 9.80 Å². The molecule has 2 amide bonds. The van der Waals surface area contributed by atoms with E-state index in [1.54, 1.807) is 36.5 Å². The average molecular weight is 399 g/mol. The van der Waals surface area contributed by atoms with E-state index in [4.69, 9.17) is 5.41 Å². The van der Waals surface area contributed by atoms with Crippen molar-refractivity contribution in [3.05, 3.63) is 65.7 Å². The molecular formula is C20H22FN5OS. The normalized spacial score (nSPS) is 14.4. The van der Waals surface area contributed by atoms with Gasteiger partial charge in [-0.2, -0.15) is 0 Å². The summed E-state index contributed by atoms with van der Waals surface area (Å²) in [5, 5.41) is 8.65. The number of nitrogens with zero attached hydrogens (tertiary/aromatic N) is 4. The Hall–Kier alpha value is -2.87. The molecule has 0 aliphatic carbocycles. The fourth-order valence-corrected chi connectivity index (χ4v) is 3.31. The van der Waals surface area contributed by atoms with Crippen molar-refractivity contribution < 1.29 is 9.28 Å². The minimum Gasteiger partial charge on any atom is -0.347 e. The van der Waals surface area contributed by atoms with Crippen molar-refractivity contribution in [2.24, 2.45) is 4.40 Å². The number of hydrogen-bond acceptors (Lipinski definition) is 4. The summed E-state index contributed by atoms with van der Waals surface area (Å²) in [4.78, 5) is 15.6. The Labute approximate surface area is 168 Å². The number of benzene rings is 2. The van der Waals surface area contributed by atoms with Gasteiger partial charge in [0.25, 0.3) is 0 Å². The molecule has 1 fully saturated rings. The Morgan fingerprint density at radius 2 is 1.68 bits per heavy atom. The first kappa shape index (κ1) is 19.9. The summed E-state index contributed by atoms with van der Waals surface area (Å²) in [6, 6.07) is 15.5. The third-order valence-corrected chi connectivity index (χ3v) is 5.05. The molecule has 0 spiro atoms. The van der Waals surface area contributed by atoms with E-state index in [2.05, 4.69) is 4.40 Å². The van der Waals surface area contributed by atoms with Crippen LogP contribution in [0.4, 0.5) is 15.0 Å². The number of halogens is 1. The minimum absolute atomic E-state index is 0.168. The molecule has 2 aromatic carbocycles. The maximum absolute atomic E-state index is 14.3. The first-order valence-corrected chi connectivity index (χ1v) is 9.72. The zero-order valence-electron chi connectivity index (χ0n) is 15.6. The molecule has 146 valence electrons. The summed E-state index contributed by atoms with van der Waals surface area (Å²) in [5.74, 6) is 0. The maximum atomic E-state index is 14.3. The van der Waals surface area contributed by atoms with E-state index in [0.29, 0.717) is 31.3 Å². The quantitative estimate of drug-likeness (QED) is 0.365. The molecule has 1 heterocycles. The van der Waals surface area contributed by atoms with Crippen LogP contribution in [0.1, 0.15) is 11.1 Å². The number of rotatable bonds is 3. The van der Waals surface area contributed by atoms with Crippen LogP contribution in [0, 0.1) is 12.3 Å². The Balaban J connectivity index is 1.47. The maximum Gasteiger partial charge on any atom is 0.353 e. The van der Waals surface area contributed by atoms with Crippen LogP contribution in [-0.4, -0.2) is 53.4 Å². The van der Waals surface area contributed by atoms with Crippen LogP contribution in [0.3, 0.4) is 0 Å². The van der Waals surface area contributed by atoms with E-state index in [-0.39, 0.29) is 10.8 Å². The summed E-state index contributed by atoms with van der Waals surface area (Å²) in [6.45, 7) is 3.69. The first-order valence-electron chi connectivity index (χ1n) is 8.95. The largest absolute Gasteiger partial charge is 0.353 e. The van der Waals surface area contributed by atoms with Gasteiger partial charge in [-0.25, -0.2) is 9.19 Å². The standard InChI is InChI=1S/C20H22FN5OS/c1-16-7-9-17(10-8-16)15-23-28-19(22)24-11-13-25(14-12-24)20(27)26(21)18-5-3-2-4-6-18/h2-10,15,22H,11-14H2,1H3/b22-19?,23-15+. The second-order valence-corrected chi connectivity index (χ2v) is 7.19. The van der Waals surface area contributed by atoms with E-state index < -0.39 is 6.03 Å². The topological polar surface area (TPSA) is 63.0 Å². The molecule has 0 saturated carbocycles. The Bertz CT molecular complexity index is 835. The van der Waals surface area contributed by atoms with E-state index in [1.807, 2.05) is 36.1 Å². The Kier molecular flexibility index (Phi) is 6.65. The molecule has 0 radical (unpaired) electrons. The van der Waals surface area contributed by atoms with Gasteiger partial charge < -0.3 is 9.80 Å². The summed E-state index contributed by atoms with van der Waals surface area (Å²) in [7, 11) is 0. The van der Waals surface area contributed by atoms with Crippen LogP contribution in [0.2, 0.25) is 0 Å². The number of amidine groups is 1. The highest BCUT2D eigenvalue weighted by molar-refractivity contribution is 8.12. The molecule has 1 N–H and O–H groups in total. The van der Waals surface area contributed by atoms with E-state index in [0.717, 1.165) is 17.5 Å². The van der Waals surface area contributed by atoms with Gasteiger partial charge in [0.05, 0.1) is 5.69 Å². The van der Waals surface area contributed by atoms with Gasteiger partial charge in [-0.05, 0) is 24.6 Å². The van der Waals surface area contributed by atoms with E-state index in [9.17, 15) is 9.28 Å². The number of aryl methyl sites for hydroxylation is 1. The lowest BCUT2D eigenvalue weighted by Gasteiger charge is -2.35. The van der Waals surface area contributed by atoms with Crippen molar-refractivity contribution in [2.45, 2.75) is 6.92 Å². The summed E-state index contributed by atoms with van der Waals surface area (Å²) in [5.41, 5.74) is 2.37. The SMILES string of the molecule is Cc1ccc(/C=N/SC(=N)N2CCN(C(=O)N(F)c3ccccc3)CC2)cc1. The van der Waals surface area contributed by atoms with Crippen molar-refractivity contribution in [3.63, 3.8) is 0 Å². The number of urea groups is 1. The molecule has 0 aromatic heterocycles. The second kappa shape index (κ2) is 9.36. The first-order chi connectivity index (χ1) is 13.5. The van der Waals surface area contributed by atoms with Gasteiger partial charge in [-0.1, -0.05) is 52.5 Å². The lowest BCUT2D eigenvalue weighted by atomic mass is 10.2. The zero-order valence-corrected chi connectivity index (χ0v) is 16.4. The third-order valence-electron chi connectivity index (χ3n) is 4.41. The van der Waals surface area contributed by atoms with Crippen molar-refractivity contribution >= 4 is 35.0 Å². The van der Waals surface area contributed by atoms with E-state index in [1.165, 1.54) is 10.5 Å². The predicted molar refractivity (Wildman–Crippen MR) is 113 cm³/mol. The Morgan fingerprint density at radius 1 is 1.07 bits per heavy atom. The molecule has 28 heavy (non-hydrogen) atoms. The van der Waals surface area contributed by atoms with Gasteiger partial charge in [0.1, 0.15) is 0 Å². The van der Waals surface area contributed by atoms with Crippen molar-refractivity contribution in [3.8, 4) is 0 Å². The van der Waals surface area contributed by atoms with Crippen molar-refractivity contribution in [1.29, 1.82) is 5.41 Å². The highest BCUT2D eigenvalue weighted by Crippen LogP contribution is 2.18. The lowest BCUT2D eigenvalue weighted by Crippen LogP contribution is -2.52. The van der Waals surface area contributed by atoms with Gasteiger partial charge in [-0.15, -0.1) is 5.12 Å². The number of nitrogens with one attached hydrogen (secondary N) is 1. The van der Waals surface area contributed by atoms with Gasteiger partial charge in [0.2, 0.25) is 0 Å². The number of carbonyl (C=O) groups is 1. The van der Waals surface area contributed by atoms with Gasteiger partial charge in [0.15, 0.2) is 5.17 Å². The molecule has 0 unspecified atom stereocenters. The molecule has 0 bridgehead atoms. The highest BCUT2D eigenvalue weighted by Gasteiger charge is 2.27. The molecule has 3 rings (SSSR count). The minimum atomic E-state index is -0.678. The van der Waals surface area contributed by atoms with Crippen LogP contribution >= 0.6 is 11.9 Å². The van der Waals surface area contributed by atoms with Gasteiger partial charge in [0, 0.05) is 44.3 Å². The van der Waals surface area contributed by atoms with Crippen LogP contribution in [-0.2, 0) is 0 Å². The number of carbonyl (C=O) groups excluding carboxylic acids is 1. The predicted octanol–water partition coefficient (Wildman–Crippen LogP) is 4.13. The molecule has 1 aliphatic rings. The third kappa shape index (κ3) is 5.10. The fourth-order valence-electron chi connectivity index (χ4n) is 2.74. The van der Waals surface area contributed by atoms with Crippen LogP contribution in [0.25, 0.3) is 0 Å². The second-order valence-electron chi connectivity index (χ2n) is 6.41. The number of anilines is 1. The summed E-state index contributed by atoms with van der Waals surface area (Å²) >= 11 is 1.09. The molecule has 0 atom stereocenters. The smallest absolute Gasteiger partial charge is 0.347 e. The fraction of sp³-hybridized carbons (Fsp3) is 0.250. The monoisotopic (exact) mass is 399 g/mol. The average Bonchev–Trinajstić information content (AvgIpc) is 2.74. The number of piperazine rings is 1. The summed E-state index contributed by atoms with van der Waals surface area (Å²) < 4.78 is 18.5. The van der Waals surface area contributed by atoms with Crippen LogP contribution in [0.15, 0.2) is 59.0 Å². The highest BCUT2D eigenvalue weighted by atomic mass is 32.2. The Morgan fingerprint density at radius 3 is 2.32 bits per heavy atom. The molecular weight excluding hydrogens is 377 g/mol. The van der Waals surface area contributed by atoms with Gasteiger partial charge >= 0.3 is 6.03 Å².